The number of ketones is 1. The number of hydrogen-bond acceptors (Lipinski definition) is 3. The Kier molecular flexibility index (Phi) is 6.22. The van der Waals surface area contributed by atoms with Crippen molar-refractivity contribution in [1.29, 1.82) is 0 Å². The molecule has 0 aliphatic rings. The minimum Gasteiger partial charge on any atom is -0.308 e. The monoisotopic (exact) mass is 470 g/mol. The van der Waals surface area contributed by atoms with E-state index in [1.807, 2.05) is 71.1 Å². The van der Waals surface area contributed by atoms with Crippen molar-refractivity contribution >= 4 is 34.2 Å². The van der Waals surface area contributed by atoms with Crippen molar-refractivity contribution in [2.75, 3.05) is 19.6 Å². The second-order valence-corrected chi connectivity index (χ2v) is 8.75. The minimum atomic E-state index is -0.0512. The summed E-state index contributed by atoms with van der Waals surface area (Å²) in [5, 5.41) is 0.651. The molecule has 0 saturated heterocycles. The molecule has 0 amide bonds. The first-order valence-corrected chi connectivity index (χ1v) is 12.1. The smallest absolute Gasteiger partial charge is 0.216 e. The van der Waals surface area contributed by atoms with E-state index < -0.39 is 0 Å². The summed E-state index contributed by atoms with van der Waals surface area (Å²) in [6.45, 7) is 8.04. The normalized spacial score (nSPS) is 11.6. The molecule has 2 aromatic heterocycles. The summed E-state index contributed by atoms with van der Waals surface area (Å²) in [5.74, 6) is 0.724. The molecule has 0 unspecified atom stereocenters. The SMILES string of the molecule is CCN(CC)CCn1c2ccccc2n2c(C(=O)c3ccccc3)c(-c3ccc(Cl)cc3)nc12. The summed E-state index contributed by atoms with van der Waals surface area (Å²) >= 11 is 6.16. The second kappa shape index (κ2) is 9.45. The summed E-state index contributed by atoms with van der Waals surface area (Å²) in [7, 11) is 0. The summed E-state index contributed by atoms with van der Waals surface area (Å²) in [6, 6.07) is 25.1. The van der Waals surface area contributed by atoms with Gasteiger partial charge in [0.15, 0.2) is 0 Å². The summed E-state index contributed by atoms with van der Waals surface area (Å²) in [4.78, 5) is 21.4. The first-order chi connectivity index (χ1) is 16.6. The third-order valence-corrected chi connectivity index (χ3v) is 6.67. The molecular weight excluding hydrogens is 444 g/mol. The van der Waals surface area contributed by atoms with Gasteiger partial charge in [0.25, 0.3) is 0 Å². The molecule has 5 nitrogen and oxygen atoms in total. The number of carbonyl (C=O) groups excluding carboxylic acids is 1. The minimum absolute atomic E-state index is 0.0512. The second-order valence-electron chi connectivity index (χ2n) is 8.31. The molecular formula is C28H27ClN4O. The molecule has 0 saturated carbocycles. The zero-order chi connectivity index (χ0) is 23.7. The number of halogens is 1. The van der Waals surface area contributed by atoms with E-state index in [9.17, 15) is 4.79 Å². The van der Waals surface area contributed by atoms with E-state index in [1.165, 1.54) is 0 Å². The van der Waals surface area contributed by atoms with Crippen molar-refractivity contribution in [2.24, 2.45) is 0 Å². The fourth-order valence-corrected chi connectivity index (χ4v) is 4.68. The summed E-state index contributed by atoms with van der Waals surface area (Å²) < 4.78 is 4.26. The van der Waals surface area contributed by atoms with Crippen LogP contribution in [0.15, 0.2) is 78.9 Å². The van der Waals surface area contributed by atoms with Crippen LogP contribution in [-0.2, 0) is 6.54 Å². The Morgan fingerprint density at radius 3 is 2.21 bits per heavy atom. The molecule has 0 bridgehead atoms. The Bertz CT molecular complexity index is 1450. The van der Waals surface area contributed by atoms with Crippen molar-refractivity contribution in [3.63, 3.8) is 0 Å². The number of para-hydroxylation sites is 2. The maximum Gasteiger partial charge on any atom is 0.216 e. The lowest BCUT2D eigenvalue weighted by molar-refractivity contribution is 0.103. The van der Waals surface area contributed by atoms with Gasteiger partial charge in [-0.05, 0) is 37.4 Å². The molecule has 2 heterocycles. The molecule has 0 aliphatic carbocycles. The van der Waals surface area contributed by atoms with Gasteiger partial charge in [0.05, 0.1) is 11.0 Å². The van der Waals surface area contributed by atoms with Crippen molar-refractivity contribution in [3.8, 4) is 11.3 Å². The fraction of sp³-hybridized carbons (Fsp3) is 0.214. The Morgan fingerprint density at radius 2 is 1.53 bits per heavy atom. The first-order valence-electron chi connectivity index (χ1n) is 11.7. The first kappa shape index (κ1) is 22.4. The van der Waals surface area contributed by atoms with Gasteiger partial charge in [0.2, 0.25) is 11.6 Å². The molecule has 172 valence electrons. The molecule has 3 aromatic carbocycles. The van der Waals surface area contributed by atoms with Gasteiger partial charge < -0.3 is 9.47 Å². The van der Waals surface area contributed by atoms with Crippen LogP contribution in [0.5, 0.6) is 0 Å². The van der Waals surface area contributed by atoms with Crippen LogP contribution in [0.4, 0.5) is 0 Å². The number of carbonyl (C=O) groups is 1. The highest BCUT2D eigenvalue weighted by atomic mass is 35.5. The number of benzene rings is 3. The van der Waals surface area contributed by atoms with Crippen molar-refractivity contribution < 1.29 is 4.79 Å². The molecule has 6 heteroatoms. The molecule has 0 aliphatic heterocycles. The number of imidazole rings is 2. The van der Waals surface area contributed by atoms with Crippen LogP contribution in [0, 0.1) is 0 Å². The van der Waals surface area contributed by atoms with Crippen LogP contribution in [0.1, 0.15) is 29.9 Å². The highest BCUT2D eigenvalue weighted by Gasteiger charge is 2.26. The summed E-state index contributed by atoms with van der Waals surface area (Å²) in [5.41, 5.74) is 4.79. The van der Waals surface area contributed by atoms with Crippen LogP contribution in [0.2, 0.25) is 5.02 Å². The van der Waals surface area contributed by atoms with E-state index in [4.69, 9.17) is 16.6 Å². The largest absolute Gasteiger partial charge is 0.308 e. The Balaban J connectivity index is 1.78. The Labute approximate surface area is 204 Å². The highest BCUT2D eigenvalue weighted by molar-refractivity contribution is 6.30. The zero-order valence-corrected chi connectivity index (χ0v) is 20.2. The van der Waals surface area contributed by atoms with Crippen molar-refractivity contribution in [1.82, 2.24) is 18.9 Å². The lowest BCUT2D eigenvalue weighted by Crippen LogP contribution is -2.27. The standard InChI is InChI=1S/C28H27ClN4O/c1-3-31(4-2)18-19-32-23-12-8-9-13-24(23)33-26(27(34)21-10-6-5-7-11-21)25(30-28(32)33)20-14-16-22(29)17-15-20/h5-17H,3-4,18-19H2,1-2H3. The number of likely N-dealkylation sites (N-methyl/N-ethyl adjacent to an activating group) is 1. The average molecular weight is 471 g/mol. The van der Waals surface area contributed by atoms with E-state index in [0.29, 0.717) is 22.0 Å². The van der Waals surface area contributed by atoms with Gasteiger partial charge in [-0.2, -0.15) is 0 Å². The molecule has 0 radical (unpaired) electrons. The van der Waals surface area contributed by atoms with Gasteiger partial charge in [-0.1, -0.05) is 80.0 Å². The van der Waals surface area contributed by atoms with Gasteiger partial charge in [0, 0.05) is 29.2 Å². The lowest BCUT2D eigenvalue weighted by atomic mass is 10.0. The van der Waals surface area contributed by atoms with Gasteiger partial charge in [-0.3, -0.25) is 9.20 Å². The number of nitrogens with zero attached hydrogens (tertiary/aromatic N) is 4. The number of rotatable bonds is 8. The van der Waals surface area contributed by atoms with Crippen LogP contribution in [0.25, 0.3) is 28.1 Å². The number of aromatic nitrogens is 3. The fourth-order valence-electron chi connectivity index (χ4n) is 4.55. The van der Waals surface area contributed by atoms with Gasteiger partial charge in [0.1, 0.15) is 11.4 Å². The van der Waals surface area contributed by atoms with E-state index in [0.717, 1.165) is 48.6 Å². The number of hydrogen-bond donors (Lipinski definition) is 0. The van der Waals surface area contributed by atoms with E-state index in [1.54, 1.807) is 0 Å². The highest BCUT2D eigenvalue weighted by Crippen LogP contribution is 2.32. The third kappa shape index (κ3) is 3.91. The van der Waals surface area contributed by atoms with E-state index in [2.05, 4.69) is 35.4 Å². The van der Waals surface area contributed by atoms with Crippen LogP contribution in [-0.4, -0.2) is 44.3 Å². The average Bonchev–Trinajstić information content (AvgIpc) is 3.40. The maximum atomic E-state index is 13.9. The Hall–Kier alpha value is -3.41. The molecule has 5 aromatic rings. The molecule has 0 fully saturated rings. The van der Waals surface area contributed by atoms with E-state index in [-0.39, 0.29) is 5.78 Å². The summed E-state index contributed by atoms with van der Waals surface area (Å²) in [6.07, 6.45) is 0. The van der Waals surface area contributed by atoms with Crippen LogP contribution >= 0.6 is 11.6 Å². The lowest BCUT2D eigenvalue weighted by Gasteiger charge is -2.18. The maximum absolute atomic E-state index is 13.9. The van der Waals surface area contributed by atoms with Gasteiger partial charge in [-0.15, -0.1) is 0 Å². The number of fused-ring (bicyclic) bond motifs is 3. The van der Waals surface area contributed by atoms with Gasteiger partial charge >= 0.3 is 0 Å². The molecule has 0 spiro atoms. The predicted molar refractivity (Wildman–Crippen MR) is 139 cm³/mol. The molecule has 0 atom stereocenters. The molecule has 0 N–H and O–H groups in total. The van der Waals surface area contributed by atoms with Crippen molar-refractivity contribution in [3.05, 3.63) is 95.1 Å². The molecule has 5 rings (SSSR count). The predicted octanol–water partition coefficient (Wildman–Crippen LogP) is 6.18. The van der Waals surface area contributed by atoms with Crippen LogP contribution < -0.4 is 0 Å². The third-order valence-electron chi connectivity index (χ3n) is 6.42. The van der Waals surface area contributed by atoms with E-state index >= 15 is 0 Å². The van der Waals surface area contributed by atoms with Gasteiger partial charge in [-0.25, -0.2) is 4.98 Å². The van der Waals surface area contributed by atoms with Crippen molar-refractivity contribution in [2.45, 2.75) is 20.4 Å². The molecule has 34 heavy (non-hydrogen) atoms. The Morgan fingerprint density at radius 1 is 0.882 bits per heavy atom. The zero-order valence-electron chi connectivity index (χ0n) is 19.4. The van der Waals surface area contributed by atoms with Crippen LogP contribution in [0.3, 0.4) is 0 Å². The topological polar surface area (TPSA) is 42.5 Å². The quantitative estimate of drug-likeness (QED) is 0.254.